The number of nitrogens with zero attached hydrogens (tertiary/aromatic N) is 1. The van der Waals surface area contributed by atoms with Crippen molar-refractivity contribution in [1.82, 2.24) is 5.32 Å². The van der Waals surface area contributed by atoms with E-state index in [0.717, 1.165) is 16.0 Å². The van der Waals surface area contributed by atoms with Gasteiger partial charge in [0.15, 0.2) is 0 Å². The summed E-state index contributed by atoms with van der Waals surface area (Å²) in [5.74, 6) is -0.876. The number of barbiturate groups is 1. The average molecular weight is 495 g/mol. The molecule has 0 spiro atoms. The van der Waals surface area contributed by atoms with E-state index in [2.05, 4.69) is 5.32 Å². The Labute approximate surface area is 206 Å². The van der Waals surface area contributed by atoms with Crippen LogP contribution in [0.3, 0.4) is 0 Å². The van der Waals surface area contributed by atoms with Crippen molar-refractivity contribution in [3.63, 3.8) is 0 Å². The van der Waals surface area contributed by atoms with Gasteiger partial charge in [0.1, 0.15) is 11.3 Å². The predicted octanol–water partition coefficient (Wildman–Crippen LogP) is 5.65. The second-order valence-electron chi connectivity index (χ2n) is 7.50. The van der Waals surface area contributed by atoms with Crippen LogP contribution in [0.5, 0.6) is 5.75 Å². The largest absolute Gasteiger partial charge is 0.494 e. The highest BCUT2D eigenvalue weighted by atomic mass is 35.5. The molecular formula is C26H20Cl2N2O4. The van der Waals surface area contributed by atoms with Crippen molar-refractivity contribution < 1.29 is 19.1 Å². The van der Waals surface area contributed by atoms with E-state index in [1.807, 2.05) is 37.3 Å². The van der Waals surface area contributed by atoms with Gasteiger partial charge in [0, 0.05) is 16.5 Å². The van der Waals surface area contributed by atoms with Gasteiger partial charge in [0.25, 0.3) is 11.8 Å². The third kappa shape index (κ3) is 4.98. The van der Waals surface area contributed by atoms with E-state index in [1.54, 1.807) is 24.3 Å². The van der Waals surface area contributed by atoms with Crippen LogP contribution in [0.1, 0.15) is 23.6 Å². The fraction of sp³-hybridized carbons (Fsp3) is 0.115. The molecule has 4 amide bonds. The zero-order chi connectivity index (χ0) is 24.2. The summed E-state index contributed by atoms with van der Waals surface area (Å²) >= 11 is 12.2. The van der Waals surface area contributed by atoms with Crippen LogP contribution in [0.4, 0.5) is 10.5 Å². The summed E-state index contributed by atoms with van der Waals surface area (Å²) in [6, 6.07) is 18.3. The molecule has 172 valence electrons. The number of urea groups is 1. The summed E-state index contributed by atoms with van der Waals surface area (Å²) in [6.07, 6.45) is 2.00. The summed E-state index contributed by atoms with van der Waals surface area (Å²) < 4.78 is 5.82. The van der Waals surface area contributed by atoms with Crippen LogP contribution in [0.15, 0.2) is 72.3 Å². The number of amides is 4. The number of hydrogen-bond donors (Lipinski definition) is 1. The van der Waals surface area contributed by atoms with Crippen molar-refractivity contribution in [3.05, 3.63) is 99.0 Å². The predicted molar refractivity (Wildman–Crippen MR) is 132 cm³/mol. The van der Waals surface area contributed by atoms with Gasteiger partial charge in [0.05, 0.1) is 12.3 Å². The van der Waals surface area contributed by atoms with Gasteiger partial charge in [-0.3, -0.25) is 14.9 Å². The zero-order valence-corrected chi connectivity index (χ0v) is 19.7. The zero-order valence-electron chi connectivity index (χ0n) is 18.2. The third-order valence-corrected chi connectivity index (χ3v) is 5.85. The number of nitrogens with one attached hydrogen (secondary N) is 1. The number of rotatable bonds is 6. The van der Waals surface area contributed by atoms with Crippen LogP contribution in [-0.4, -0.2) is 24.5 Å². The fourth-order valence-electron chi connectivity index (χ4n) is 3.59. The molecule has 0 atom stereocenters. The highest BCUT2D eigenvalue weighted by molar-refractivity contribution is 6.39. The van der Waals surface area contributed by atoms with Crippen molar-refractivity contribution in [1.29, 1.82) is 0 Å². The Morgan fingerprint density at radius 1 is 0.941 bits per heavy atom. The summed E-state index contributed by atoms with van der Waals surface area (Å²) in [5, 5.41) is 3.33. The minimum atomic E-state index is -0.820. The maximum atomic E-state index is 13.1. The summed E-state index contributed by atoms with van der Waals surface area (Å²) in [4.78, 5) is 38.8. The SMILES string of the molecule is CCOc1cc(/C=C2\C(=O)NC(=O)N(c3ccc(Cl)cc3)C2=O)ccc1Cc1ccccc1Cl. The minimum absolute atomic E-state index is 0.171. The molecule has 1 N–H and O–H groups in total. The number of anilines is 1. The maximum Gasteiger partial charge on any atom is 0.335 e. The van der Waals surface area contributed by atoms with E-state index in [9.17, 15) is 14.4 Å². The first-order valence-corrected chi connectivity index (χ1v) is 11.3. The highest BCUT2D eigenvalue weighted by Gasteiger charge is 2.36. The fourth-order valence-corrected chi connectivity index (χ4v) is 3.92. The monoisotopic (exact) mass is 494 g/mol. The first-order chi connectivity index (χ1) is 16.4. The van der Waals surface area contributed by atoms with Gasteiger partial charge < -0.3 is 4.74 Å². The van der Waals surface area contributed by atoms with Crippen LogP contribution in [0.25, 0.3) is 6.08 Å². The molecule has 1 aliphatic heterocycles. The molecule has 0 unspecified atom stereocenters. The van der Waals surface area contributed by atoms with E-state index in [1.165, 1.54) is 18.2 Å². The topological polar surface area (TPSA) is 75.7 Å². The first-order valence-electron chi connectivity index (χ1n) is 10.5. The van der Waals surface area contributed by atoms with Gasteiger partial charge >= 0.3 is 6.03 Å². The van der Waals surface area contributed by atoms with Gasteiger partial charge in [0.2, 0.25) is 0 Å². The van der Waals surface area contributed by atoms with Gasteiger partial charge in [-0.05, 0) is 66.1 Å². The number of carbonyl (C=O) groups excluding carboxylic acids is 3. The third-order valence-electron chi connectivity index (χ3n) is 5.23. The quantitative estimate of drug-likeness (QED) is 0.354. The molecule has 4 rings (SSSR count). The Hall–Kier alpha value is -3.61. The first kappa shape index (κ1) is 23.5. The molecule has 0 aromatic heterocycles. The molecule has 0 saturated carbocycles. The normalized spacial score (nSPS) is 15.0. The average Bonchev–Trinajstić information content (AvgIpc) is 2.81. The molecule has 3 aromatic rings. The molecule has 0 aliphatic carbocycles. The number of benzene rings is 3. The molecule has 1 fully saturated rings. The molecular weight excluding hydrogens is 475 g/mol. The summed E-state index contributed by atoms with van der Waals surface area (Å²) in [6.45, 7) is 2.31. The second kappa shape index (κ2) is 10.1. The van der Waals surface area contributed by atoms with Crippen molar-refractivity contribution >= 4 is 52.8 Å². The number of carbonyl (C=O) groups is 3. The van der Waals surface area contributed by atoms with Crippen molar-refractivity contribution in [3.8, 4) is 5.75 Å². The smallest absolute Gasteiger partial charge is 0.335 e. The number of hydrogen-bond acceptors (Lipinski definition) is 4. The Kier molecular flexibility index (Phi) is 7.01. The van der Waals surface area contributed by atoms with Crippen LogP contribution >= 0.6 is 23.2 Å². The van der Waals surface area contributed by atoms with E-state index in [0.29, 0.717) is 40.1 Å². The lowest BCUT2D eigenvalue weighted by Crippen LogP contribution is -2.54. The van der Waals surface area contributed by atoms with Gasteiger partial charge in [-0.15, -0.1) is 0 Å². The Balaban J connectivity index is 1.67. The van der Waals surface area contributed by atoms with E-state index < -0.39 is 17.8 Å². The number of halogens is 2. The molecule has 8 heteroatoms. The second-order valence-corrected chi connectivity index (χ2v) is 8.35. The molecule has 34 heavy (non-hydrogen) atoms. The lowest BCUT2D eigenvalue weighted by atomic mass is 10.0. The maximum absolute atomic E-state index is 13.1. The Morgan fingerprint density at radius 3 is 2.38 bits per heavy atom. The molecule has 1 aliphatic rings. The van der Waals surface area contributed by atoms with Crippen LogP contribution in [0.2, 0.25) is 10.0 Å². The van der Waals surface area contributed by atoms with Gasteiger partial charge in [-0.25, -0.2) is 9.69 Å². The molecule has 6 nitrogen and oxygen atoms in total. The van der Waals surface area contributed by atoms with Gasteiger partial charge in [-0.2, -0.15) is 0 Å². The standard InChI is InChI=1S/C26H20Cl2N2O4/c1-2-34-23-14-16(7-8-18(23)15-17-5-3-4-6-22(17)28)13-21-24(31)29-26(33)30(25(21)32)20-11-9-19(27)10-12-20/h3-14H,2,15H2,1H3,(H,29,31,33)/b21-13+. The van der Waals surface area contributed by atoms with E-state index >= 15 is 0 Å². The Bertz CT molecular complexity index is 1300. The van der Waals surface area contributed by atoms with Crippen molar-refractivity contribution in [2.75, 3.05) is 11.5 Å². The van der Waals surface area contributed by atoms with Crippen molar-refractivity contribution in [2.24, 2.45) is 0 Å². The summed E-state index contributed by atoms with van der Waals surface area (Å²) in [5.41, 5.74) is 2.58. The molecule has 0 radical (unpaired) electrons. The highest BCUT2D eigenvalue weighted by Crippen LogP contribution is 2.29. The molecule has 3 aromatic carbocycles. The molecule has 1 saturated heterocycles. The van der Waals surface area contributed by atoms with E-state index in [-0.39, 0.29) is 5.57 Å². The van der Waals surface area contributed by atoms with Gasteiger partial charge in [-0.1, -0.05) is 53.5 Å². The van der Waals surface area contributed by atoms with Crippen molar-refractivity contribution in [2.45, 2.75) is 13.3 Å². The lowest BCUT2D eigenvalue weighted by Gasteiger charge is -2.26. The Morgan fingerprint density at radius 2 is 1.68 bits per heavy atom. The molecule has 1 heterocycles. The van der Waals surface area contributed by atoms with Crippen LogP contribution < -0.4 is 15.0 Å². The lowest BCUT2D eigenvalue weighted by molar-refractivity contribution is -0.122. The number of imide groups is 2. The minimum Gasteiger partial charge on any atom is -0.494 e. The van der Waals surface area contributed by atoms with Crippen LogP contribution in [-0.2, 0) is 16.0 Å². The molecule has 0 bridgehead atoms. The van der Waals surface area contributed by atoms with E-state index in [4.69, 9.17) is 27.9 Å². The summed E-state index contributed by atoms with van der Waals surface area (Å²) in [7, 11) is 0. The van der Waals surface area contributed by atoms with Crippen LogP contribution in [0, 0.1) is 0 Å². The number of ether oxygens (including phenoxy) is 1.